The Morgan fingerprint density at radius 3 is 2.66 bits per heavy atom. The molecule has 2 aromatic carbocycles. The summed E-state index contributed by atoms with van der Waals surface area (Å²) in [5, 5.41) is 3.17. The monoisotopic (exact) mass is 415 g/mol. The molecule has 156 valence electrons. The molecule has 1 aliphatic carbocycles. The number of hydrazine groups is 1. The zero-order valence-electron chi connectivity index (χ0n) is 17.7. The Balaban J connectivity index is 2.24. The number of nitrogens with two attached hydrogens (primary N) is 1. The number of nitrogen functional groups attached to an aromatic ring is 1. The van der Waals surface area contributed by atoms with Crippen LogP contribution in [0.1, 0.15) is 59.4 Å². The molecule has 2 aromatic rings. The second kappa shape index (κ2) is 8.25. The topological polar surface area (TPSA) is 76.4 Å². The van der Waals surface area contributed by atoms with E-state index < -0.39 is 5.41 Å². The van der Waals surface area contributed by atoms with Gasteiger partial charge in [-0.05, 0) is 67.5 Å². The van der Waals surface area contributed by atoms with E-state index in [1.807, 2.05) is 33.9 Å². The molecule has 6 heteroatoms. The Bertz CT molecular complexity index is 927. The molecule has 0 amide bonds. The SMILES string of the molecule is CNc1ccc(C(c2ccc3c(c2)C(Cl)CC3)C(C)(C)C(=O)OC)c(C)c1NN. The zero-order chi connectivity index (χ0) is 21.3. The van der Waals surface area contributed by atoms with Crippen LogP contribution in [-0.4, -0.2) is 20.1 Å². The number of hydrogen-bond donors (Lipinski definition) is 3. The molecular weight excluding hydrogens is 386 g/mol. The molecule has 0 fully saturated rings. The zero-order valence-corrected chi connectivity index (χ0v) is 18.5. The third-order valence-electron chi connectivity index (χ3n) is 6.17. The predicted octanol–water partition coefficient (Wildman–Crippen LogP) is 4.88. The van der Waals surface area contributed by atoms with Gasteiger partial charge in [0.1, 0.15) is 0 Å². The van der Waals surface area contributed by atoms with E-state index in [-0.39, 0.29) is 17.3 Å². The minimum Gasteiger partial charge on any atom is -0.469 e. The van der Waals surface area contributed by atoms with Gasteiger partial charge in [-0.1, -0.05) is 24.3 Å². The number of rotatable bonds is 6. The smallest absolute Gasteiger partial charge is 0.312 e. The maximum atomic E-state index is 12.8. The Kier molecular flexibility index (Phi) is 6.11. The minimum absolute atomic E-state index is 0.0147. The standard InChI is InChI=1S/C23H30ClN3O2/c1-13-16(9-11-19(26-4)21(13)27-25)20(23(2,3)22(28)29-5)15-7-6-14-8-10-18(24)17(14)12-15/h6-7,9,11-12,18,20,26-27H,8,10,25H2,1-5H3. The maximum absolute atomic E-state index is 12.8. The molecule has 0 spiro atoms. The number of halogens is 1. The fourth-order valence-corrected chi connectivity index (χ4v) is 4.86. The highest BCUT2D eigenvalue weighted by molar-refractivity contribution is 6.21. The van der Waals surface area contributed by atoms with Gasteiger partial charge in [0.25, 0.3) is 0 Å². The fraction of sp³-hybridized carbons (Fsp3) is 0.435. The van der Waals surface area contributed by atoms with Crippen LogP contribution < -0.4 is 16.6 Å². The van der Waals surface area contributed by atoms with Crippen molar-refractivity contribution in [2.75, 3.05) is 24.9 Å². The molecule has 0 radical (unpaired) electrons. The van der Waals surface area contributed by atoms with E-state index in [2.05, 4.69) is 35.0 Å². The van der Waals surface area contributed by atoms with Crippen LogP contribution >= 0.6 is 11.6 Å². The lowest BCUT2D eigenvalue weighted by atomic mass is 9.69. The summed E-state index contributed by atoms with van der Waals surface area (Å²) >= 11 is 6.56. The van der Waals surface area contributed by atoms with Crippen LogP contribution in [0, 0.1) is 12.3 Å². The summed E-state index contributed by atoms with van der Waals surface area (Å²) in [6, 6.07) is 10.5. The molecule has 0 bridgehead atoms. The first-order chi connectivity index (χ1) is 13.8. The predicted molar refractivity (Wildman–Crippen MR) is 120 cm³/mol. The molecule has 0 heterocycles. The fourth-order valence-electron chi connectivity index (χ4n) is 4.55. The lowest BCUT2D eigenvalue weighted by molar-refractivity contribution is -0.151. The molecular formula is C23H30ClN3O2. The van der Waals surface area contributed by atoms with Crippen LogP contribution in [0.4, 0.5) is 11.4 Å². The van der Waals surface area contributed by atoms with Crippen molar-refractivity contribution >= 4 is 28.9 Å². The molecule has 2 unspecified atom stereocenters. The lowest BCUT2D eigenvalue weighted by Crippen LogP contribution is -2.34. The van der Waals surface area contributed by atoms with E-state index in [0.29, 0.717) is 0 Å². The average molecular weight is 416 g/mol. The number of benzene rings is 2. The van der Waals surface area contributed by atoms with E-state index >= 15 is 0 Å². The van der Waals surface area contributed by atoms with E-state index in [9.17, 15) is 4.79 Å². The Hall–Kier alpha value is -2.24. The number of anilines is 2. The normalized spacial score (nSPS) is 16.9. The van der Waals surface area contributed by atoms with Crippen LogP contribution in [0.15, 0.2) is 30.3 Å². The van der Waals surface area contributed by atoms with Gasteiger partial charge >= 0.3 is 5.97 Å². The highest BCUT2D eigenvalue weighted by Crippen LogP contribution is 2.47. The summed E-state index contributed by atoms with van der Waals surface area (Å²) in [5.41, 5.74) is 9.24. The van der Waals surface area contributed by atoms with Gasteiger partial charge in [0.05, 0.1) is 29.3 Å². The molecule has 0 aliphatic heterocycles. The largest absolute Gasteiger partial charge is 0.469 e. The summed E-state index contributed by atoms with van der Waals surface area (Å²) in [6.45, 7) is 5.87. The number of carbonyl (C=O) groups excluding carboxylic acids is 1. The van der Waals surface area contributed by atoms with Crippen molar-refractivity contribution in [1.29, 1.82) is 0 Å². The minimum atomic E-state index is -0.790. The Labute approximate surface area is 177 Å². The summed E-state index contributed by atoms with van der Waals surface area (Å²) < 4.78 is 5.18. The summed E-state index contributed by atoms with van der Waals surface area (Å²) in [6.07, 6.45) is 1.94. The van der Waals surface area contributed by atoms with Crippen molar-refractivity contribution in [2.45, 2.75) is 44.9 Å². The van der Waals surface area contributed by atoms with Gasteiger partial charge in [-0.15, -0.1) is 11.6 Å². The lowest BCUT2D eigenvalue weighted by Gasteiger charge is -2.34. The van der Waals surface area contributed by atoms with Gasteiger partial charge < -0.3 is 15.5 Å². The molecule has 1 aliphatic rings. The first-order valence-electron chi connectivity index (χ1n) is 9.89. The Morgan fingerprint density at radius 1 is 1.31 bits per heavy atom. The highest BCUT2D eigenvalue weighted by atomic mass is 35.5. The molecule has 0 saturated heterocycles. The van der Waals surface area contributed by atoms with Crippen LogP contribution in [0.2, 0.25) is 0 Å². The van der Waals surface area contributed by atoms with Gasteiger partial charge in [-0.25, -0.2) is 0 Å². The maximum Gasteiger partial charge on any atom is 0.312 e. The van der Waals surface area contributed by atoms with Gasteiger partial charge in [-0.2, -0.15) is 0 Å². The first-order valence-corrected chi connectivity index (χ1v) is 10.3. The van der Waals surface area contributed by atoms with Crippen molar-refractivity contribution in [3.05, 3.63) is 58.1 Å². The summed E-state index contributed by atoms with van der Waals surface area (Å²) in [7, 11) is 3.29. The number of nitrogens with one attached hydrogen (secondary N) is 2. The first kappa shape index (κ1) is 21.5. The van der Waals surface area contributed by atoms with Crippen molar-refractivity contribution < 1.29 is 9.53 Å². The van der Waals surface area contributed by atoms with E-state index in [0.717, 1.165) is 46.5 Å². The van der Waals surface area contributed by atoms with Crippen LogP contribution in [0.3, 0.4) is 0 Å². The number of carbonyl (C=O) groups is 1. The van der Waals surface area contributed by atoms with E-state index in [1.165, 1.54) is 12.7 Å². The number of alkyl halides is 1. The quantitative estimate of drug-likeness (QED) is 0.271. The van der Waals surface area contributed by atoms with E-state index in [1.54, 1.807) is 0 Å². The number of methoxy groups -OCH3 is 1. The van der Waals surface area contributed by atoms with Gasteiger partial charge in [0.15, 0.2) is 0 Å². The number of hydrogen-bond acceptors (Lipinski definition) is 5. The number of ether oxygens (including phenoxy) is 1. The van der Waals surface area contributed by atoms with Gasteiger partial charge in [0, 0.05) is 13.0 Å². The Morgan fingerprint density at radius 2 is 2.03 bits per heavy atom. The molecule has 0 aromatic heterocycles. The third kappa shape index (κ3) is 3.69. The second-order valence-corrected chi connectivity index (χ2v) is 8.73. The molecule has 3 rings (SSSR count). The van der Waals surface area contributed by atoms with Crippen LogP contribution in [0.25, 0.3) is 0 Å². The molecule has 2 atom stereocenters. The van der Waals surface area contributed by atoms with Crippen molar-refractivity contribution in [1.82, 2.24) is 0 Å². The van der Waals surface area contributed by atoms with Crippen molar-refractivity contribution in [3.63, 3.8) is 0 Å². The summed E-state index contributed by atoms with van der Waals surface area (Å²) in [5.74, 6) is 5.34. The van der Waals surface area contributed by atoms with Crippen molar-refractivity contribution in [2.24, 2.45) is 11.3 Å². The molecule has 29 heavy (non-hydrogen) atoms. The highest BCUT2D eigenvalue weighted by Gasteiger charge is 2.41. The van der Waals surface area contributed by atoms with Crippen molar-refractivity contribution in [3.8, 4) is 0 Å². The third-order valence-corrected chi connectivity index (χ3v) is 6.63. The molecule has 5 nitrogen and oxygen atoms in total. The van der Waals surface area contributed by atoms with Gasteiger partial charge in [-0.3, -0.25) is 10.6 Å². The average Bonchev–Trinajstić information content (AvgIpc) is 3.08. The van der Waals surface area contributed by atoms with Crippen LogP contribution in [-0.2, 0) is 16.0 Å². The second-order valence-electron chi connectivity index (χ2n) is 8.21. The number of esters is 1. The van der Waals surface area contributed by atoms with Crippen LogP contribution in [0.5, 0.6) is 0 Å². The molecule has 0 saturated carbocycles. The van der Waals surface area contributed by atoms with E-state index in [4.69, 9.17) is 22.2 Å². The summed E-state index contributed by atoms with van der Waals surface area (Å²) in [4.78, 5) is 12.8. The van der Waals surface area contributed by atoms with Gasteiger partial charge in [0.2, 0.25) is 0 Å². The number of aryl methyl sites for hydroxylation is 1. The number of fused-ring (bicyclic) bond motifs is 1. The molecule has 4 N–H and O–H groups in total.